The van der Waals surface area contributed by atoms with Crippen LogP contribution in [0.15, 0.2) is 42.5 Å². The average Bonchev–Trinajstić information content (AvgIpc) is 2.90. The van der Waals surface area contributed by atoms with Crippen LogP contribution in [0, 0.1) is 0 Å². The zero-order chi connectivity index (χ0) is 14.8. The van der Waals surface area contributed by atoms with Crippen molar-refractivity contribution in [1.29, 1.82) is 0 Å². The second-order valence-corrected chi connectivity index (χ2v) is 5.20. The molecule has 108 valence electrons. The van der Waals surface area contributed by atoms with Crippen molar-refractivity contribution in [3.63, 3.8) is 0 Å². The van der Waals surface area contributed by atoms with Gasteiger partial charge in [0, 0.05) is 34.3 Å². The van der Waals surface area contributed by atoms with Gasteiger partial charge >= 0.3 is 5.97 Å². The highest BCUT2D eigenvalue weighted by molar-refractivity contribution is 6.07. The van der Waals surface area contributed by atoms with Crippen molar-refractivity contribution in [3.05, 3.63) is 48.0 Å². The molecule has 4 heteroatoms. The fourth-order valence-electron chi connectivity index (χ4n) is 2.64. The Balaban J connectivity index is 1.92. The zero-order valence-corrected chi connectivity index (χ0v) is 11.9. The lowest BCUT2D eigenvalue weighted by molar-refractivity contribution is -0.140. The maximum absolute atomic E-state index is 11.2. The normalized spacial score (nSPS) is 12.7. The second kappa shape index (κ2) is 5.58. The van der Waals surface area contributed by atoms with E-state index in [1.165, 1.54) is 12.5 Å². The molecule has 3 rings (SSSR count). The number of benzene rings is 2. The van der Waals surface area contributed by atoms with Crippen LogP contribution >= 0.6 is 0 Å². The van der Waals surface area contributed by atoms with Crippen molar-refractivity contribution < 1.29 is 9.53 Å². The molecule has 1 atom stereocenters. The minimum absolute atomic E-state index is 0.165. The van der Waals surface area contributed by atoms with Gasteiger partial charge in [-0.25, -0.2) is 0 Å². The van der Waals surface area contributed by atoms with Gasteiger partial charge in [-0.1, -0.05) is 24.3 Å². The first kappa shape index (κ1) is 13.6. The Labute approximate surface area is 122 Å². The molecule has 1 aromatic heterocycles. The molecule has 3 N–H and O–H groups in total. The number of nitrogens with two attached hydrogens (primary N) is 1. The van der Waals surface area contributed by atoms with Crippen molar-refractivity contribution in [3.8, 4) is 0 Å². The number of methoxy groups -OCH3 is 1. The largest absolute Gasteiger partial charge is 0.469 e. The van der Waals surface area contributed by atoms with Gasteiger partial charge in [0.15, 0.2) is 0 Å². The molecule has 0 amide bonds. The summed E-state index contributed by atoms with van der Waals surface area (Å²) in [6.45, 7) is 0. The van der Waals surface area contributed by atoms with Crippen molar-refractivity contribution in [2.75, 3.05) is 7.11 Å². The number of rotatable bonds is 4. The summed E-state index contributed by atoms with van der Waals surface area (Å²) in [4.78, 5) is 14.6. The number of para-hydroxylation sites is 1. The van der Waals surface area contributed by atoms with E-state index < -0.39 is 0 Å². The number of fused-ring (bicyclic) bond motifs is 3. The molecule has 1 unspecified atom stereocenters. The maximum Gasteiger partial charge on any atom is 0.305 e. The Morgan fingerprint density at radius 3 is 2.76 bits per heavy atom. The Morgan fingerprint density at radius 1 is 1.19 bits per heavy atom. The van der Waals surface area contributed by atoms with Gasteiger partial charge in [-0.3, -0.25) is 4.79 Å². The van der Waals surface area contributed by atoms with E-state index in [0.29, 0.717) is 12.8 Å². The molecule has 0 aliphatic rings. The van der Waals surface area contributed by atoms with E-state index in [1.54, 1.807) is 0 Å². The minimum atomic E-state index is -0.223. The summed E-state index contributed by atoms with van der Waals surface area (Å²) in [5.74, 6) is -0.223. The van der Waals surface area contributed by atoms with E-state index in [0.717, 1.165) is 22.0 Å². The fraction of sp³-hybridized carbons (Fsp3) is 0.235. The first-order valence-corrected chi connectivity index (χ1v) is 7.02. The zero-order valence-electron chi connectivity index (χ0n) is 11.9. The molecular formula is C17H18N2O2. The summed E-state index contributed by atoms with van der Waals surface area (Å²) in [7, 11) is 1.39. The van der Waals surface area contributed by atoms with E-state index in [1.807, 2.05) is 24.3 Å². The summed E-state index contributed by atoms with van der Waals surface area (Å²) in [6.07, 6.45) is 0.921. The number of carbonyl (C=O) groups excluding carboxylic acids is 1. The van der Waals surface area contributed by atoms with Gasteiger partial charge in [0.05, 0.1) is 7.11 Å². The number of hydrogen-bond donors (Lipinski definition) is 2. The van der Waals surface area contributed by atoms with Crippen molar-refractivity contribution in [1.82, 2.24) is 4.98 Å². The Morgan fingerprint density at radius 2 is 1.95 bits per heavy atom. The lowest BCUT2D eigenvalue weighted by atomic mass is 10.0. The van der Waals surface area contributed by atoms with Crippen LogP contribution in [0.2, 0.25) is 0 Å². The first-order valence-electron chi connectivity index (χ1n) is 7.02. The third-order valence-electron chi connectivity index (χ3n) is 3.85. The van der Waals surface area contributed by atoms with Gasteiger partial charge < -0.3 is 15.5 Å². The van der Waals surface area contributed by atoms with E-state index in [4.69, 9.17) is 5.73 Å². The van der Waals surface area contributed by atoms with Gasteiger partial charge in [-0.05, 0) is 30.2 Å². The van der Waals surface area contributed by atoms with Gasteiger partial charge in [0.2, 0.25) is 0 Å². The molecule has 3 aromatic rings. The van der Waals surface area contributed by atoms with Crippen LogP contribution in [-0.4, -0.2) is 18.1 Å². The number of aromatic amines is 1. The fourth-order valence-corrected chi connectivity index (χ4v) is 2.64. The molecule has 0 radical (unpaired) electrons. The Bertz CT molecular complexity index is 792. The molecule has 4 nitrogen and oxygen atoms in total. The summed E-state index contributed by atoms with van der Waals surface area (Å²) in [6, 6.07) is 14.2. The van der Waals surface area contributed by atoms with Crippen LogP contribution in [-0.2, 0) is 9.53 Å². The highest BCUT2D eigenvalue weighted by atomic mass is 16.5. The number of ether oxygens (including phenoxy) is 1. The Hall–Kier alpha value is -2.33. The number of nitrogens with one attached hydrogen (secondary N) is 1. The SMILES string of the molecule is COC(=O)CCC(N)c1ccc2[nH]c3ccccc3c2c1. The molecule has 1 heterocycles. The van der Waals surface area contributed by atoms with Gasteiger partial charge in [0.1, 0.15) is 0 Å². The van der Waals surface area contributed by atoms with Crippen molar-refractivity contribution in [2.24, 2.45) is 5.73 Å². The van der Waals surface area contributed by atoms with Crippen molar-refractivity contribution >= 4 is 27.8 Å². The standard InChI is InChI=1S/C17H18N2O2/c1-21-17(20)9-7-14(18)11-6-8-16-13(10-11)12-4-2-3-5-15(12)19-16/h2-6,8,10,14,19H,7,9,18H2,1H3. The molecule has 0 aliphatic carbocycles. The summed E-state index contributed by atoms with van der Waals surface area (Å²) < 4.78 is 4.65. The van der Waals surface area contributed by atoms with Crippen LogP contribution in [0.4, 0.5) is 0 Å². The third kappa shape index (κ3) is 2.62. The van der Waals surface area contributed by atoms with E-state index in [-0.39, 0.29) is 12.0 Å². The first-order chi connectivity index (χ1) is 10.2. The number of aromatic nitrogens is 1. The molecule has 0 spiro atoms. The molecule has 0 bridgehead atoms. The Kier molecular flexibility index (Phi) is 3.62. The molecule has 21 heavy (non-hydrogen) atoms. The lowest BCUT2D eigenvalue weighted by Crippen LogP contribution is -2.12. The average molecular weight is 282 g/mol. The number of H-pyrrole nitrogens is 1. The van der Waals surface area contributed by atoms with Gasteiger partial charge in [-0.15, -0.1) is 0 Å². The predicted molar refractivity (Wildman–Crippen MR) is 84.0 cm³/mol. The molecule has 0 saturated heterocycles. The van der Waals surface area contributed by atoms with Gasteiger partial charge in [-0.2, -0.15) is 0 Å². The quantitative estimate of drug-likeness (QED) is 0.722. The summed E-state index contributed by atoms with van der Waals surface area (Å²) in [5, 5.41) is 2.35. The van der Waals surface area contributed by atoms with Crippen LogP contribution in [0.5, 0.6) is 0 Å². The molecule has 0 aliphatic heterocycles. The van der Waals surface area contributed by atoms with Gasteiger partial charge in [0.25, 0.3) is 0 Å². The topological polar surface area (TPSA) is 68.1 Å². The van der Waals surface area contributed by atoms with E-state index >= 15 is 0 Å². The van der Waals surface area contributed by atoms with E-state index in [9.17, 15) is 4.79 Å². The molecule has 0 fully saturated rings. The second-order valence-electron chi connectivity index (χ2n) is 5.20. The van der Waals surface area contributed by atoms with Crippen LogP contribution in [0.25, 0.3) is 21.8 Å². The molecule has 2 aromatic carbocycles. The molecule has 0 saturated carbocycles. The van der Waals surface area contributed by atoms with Crippen LogP contribution < -0.4 is 5.73 Å². The van der Waals surface area contributed by atoms with Crippen LogP contribution in [0.3, 0.4) is 0 Å². The summed E-state index contributed by atoms with van der Waals surface area (Å²) >= 11 is 0. The number of esters is 1. The smallest absolute Gasteiger partial charge is 0.305 e. The minimum Gasteiger partial charge on any atom is -0.469 e. The lowest BCUT2D eigenvalue weighted by Gasteiger charge is -2.11. The maximum atomic E-state index is 11.2. The highest BCUT2D eigenvalue weighted by Crippen LogP contribution is 2.28. The van der Waals surface area contributed by atoms with E-state index in [2.05, 4.69) is 27.9 Å². The third-order valence-corrected chi connectivity index (χ3v) is 3.85. The number of hydrogen-bond acceptors (Lipinski definition) is 3. The predicted octanol–water partition coefficient (Wildman–Crippen LogP) is 3.27. The monoisotopic (exact) mass is 282 g/mol. The van der Waals surface area contributed by atoms with Crippen LogP contribution in [0.1, 0.15) is 24.4 Å². The molecular weight excluding hydrogens is 264 g/mol. The highest BCUT2D eigenvalue weighted by Gasteiger charge is 2.11. The summed E-state index contributed by atoms with van der Waals surface area (Å²) in [5.41, 5.74) is 9.44. The number of carbonyl (C=O) groups is 1. The van der Waals surface area contributed by atoms with Crippen molar-refractivity contribution in [2.45, 2.75) is 18.9 Å².